The molecule has 1 aliphatic rings. The summed E-state index contributed by atoms with van der Waals surface area (Å²) in [4.78, 5) is 0. The van der Waals surface area contributed by atoms with Gasteiger partial charge in [0, 0.05) is 16.3 Å². The first kappa shape index (κ1) is 14.0. The first-order chi connectivity index (χ1) is 10.3. The minimum Gasteiger partial charge on any atom is -0.461 e. The zero-order valence-electron chi connectivity index (χ0n) is 11.7. The van der Waals surface area contributed by atoms with Crippen LogP contribution < -0.4 is 4.74 Å². The largest absolute Gasteiger partial charge is 0.461 e. The molecular weight excluding hydrogens is 286 g/mol. The van der Waals surface area contributed by atoms with Crippen molar-refractivity contribution in [3.63, 3.8) is 0 Å². The van der Waals surface area contributed by atoms with Crippen LogP contribution >= 0.6 is 11.6 Å². The van der Waals surface area contributed by atoms with E-state index in [0.717, 1.165) is 29.8 Å². The molecule has 0 atom stereocenters. The summed E-state index contributed by atoms with van der Waals surface area (Å²) >= 11 is 5.92. The lowest BCUT2D eigenvalue weighted by molar-refractivity contribution is 0.344. The fraction of sp³-hybridized carbons (Fsp3) is 0.375. The van der Waals surface area contributed by atoms with Gasteiger partial charge >= 0.3 is 0 Å². The van der Waals surface area contributed by atoms with Gasteiger partial charge in [0.2, 0.25) is 5.88 Å². The van der Waals surface area contributed by atoms with Gasteiger partial charge in [-0.1, -0.05) is 23.7 Å². The van der Waals surface area contributed by atoms with E-state index < -0.39 is 0 Å². The maximum Gasteiger partial charge on any atom is 0.237 e. The van der Waals surface area contributed by atoms with Crippen LogP contribution in [0.4, 0.5) is 0 Å². The average Bonchev–Trinajstić information content (AvgIpc) is 2.86. The highest BCUT2D eigenvalue weighted by Gasteiger charge is 2.21. The molecule has 1 heterocycles. The Morgan fingerprint density at radius 1 is 1.24 bits per heavy atom. The number of ether oxygens (including phenoxy) is 1. The molecule has 0 spiro atoms. The third-order valence-electron chi connectivity index (χ3n) is 3.74. The van der Waals surface area contributed by atoms with Gasteiger partial charge in [-0.05, 0) is 43.4 Å². The molecule has 0 radical (unpaired) electrons. The molecule has 108 valence electrons. The first-order valence-electron chi connectivity index (χ1n) is 7.10. The van der Waals surface area contributed by atoms with Crippen LogP contribution in [0.15, 0.2) is 24.3 Å². The summed E-state index contributed by atoms with van der Waals surface area (Å²) < 4.78 is 7.48. The second-order valence-corrected chi connectivity index (χ2v) is 5.60. The van der Waals surface area contributed by atoms with E-state index in [9.17, 15) is 0 Å². The van der Waals surface area contributed by atoms with Gasteiger partial charge in [0.25, 0.3) is 0 Å². The molecule has 5 heteroatoms. The van der Waals surface area contributed by atoms with Crippen LogP contribution in [-0.2, 0) is 19.4 Å². The van der Waals surface area contributed by atoms with Crippen molar-refractivity contribution in [2.24, 2.45) is 0 Å². The molecule has 0 saturated heterocycles. The maximum absolute atomic E-state index is 8.68. The molecular formula is C16H16ClN3O. The smallest absolute Gasteiger partial charge is 0.237 e. The molecule has 0 unspecified atom stereocenters. The van der Waals surface area contributed by atoms with Crippen LogP contribution in [-0.4, -0.2) is 16.4 Å². The van der Waals surface area contributed by atoms with E-state index in [1.54, 1.807) is 0 Å². The van der Waals surface area contributed by atoms with Crippen LogP contribution in [0.1, 0.15) is 29.7 Å². The summed E-state index contributed by atoms with van der Waals surface area (Å²) in [5.74, 6) is 0.625. The fourth-order valence-electron chi connectivity index (χ4n) is 2.75. The lowest BCUT2D eigenvalue weighted by Crippen LogP contribution is -2.10. The number of hydrogen-bond acceptors (Lipinski definition) is 3. The van der Waals surface area contributed by atoms with Gasteiger partial charge in [-0.3, -0.25) is 4.68 Å². The quantitative estimate of drug-likeness (QED) is 0.870. The number of nitriles is 1. The molecule has 0 fully saturated rings. The Kier molecular flexibility index (Phi) is 4.12. The molecule has 3 rings (SSSR count). The van der Waals surface area contributed by atoms with Crippen molar-refractivity contribution >= 4 is 11.6 Å². The van der Waals surface area contributed by atoms with Crippen molar-refractivity contribution in [1.29, 1.82) is 5.26 Å². The van der Waals surface area contributed by atoms with Crippen LogP contribution in [0, 0.1) is 11.3 Å². The summed E-state index contributed by atoms with van der Waals surface area (Å²) in [6.07, 6.45) is 4.34. The lowest BCUT2D eigenvalue weighted by atomic mass is 9.97. The van der Waals surface area contributed by atoms with Crippen molar-refractivity contribution in [2.75, 3.05) is 6.61 Å². The highest BCUT2D eigenvalue weighted by molar-refractivity contribution is 6.30. The van der Waals surface area contributed by atoms with Gasteiger partial charge in [0.15, 0.2) is 6.61 Å². The van der Waals surface area contributed by atoms with E-state index in [-0.39, 0.29) is 6.61 Å². The van der Waals surface area contributed by atoms with Gasteiger partial charge in [-0.25, -0.2) is 0 Å². The Labute approximate surface area is 128 Å². The summed E-state index contributed by atoms with van der Waals surface area (Å²) in [6.45, 7) is 0.750. The Morgan fingerprint density at radius 3 is 2.76 bits per heavy atom. The van der Waals surface area contributed by atoms with E-state index >= 15 is 0 Å². The zero-order chi connectivity index (χ0) is 14.7. The second-order valence-electron chi connectivity index (χ2n) is 5.17. The topological polar surface area (TPSA) is 50.8 Å². The van der Waals surface area contributed by atoms with E-state index in [1.807, 2.05) is 35.0 Å². The minimum absolute atomic E-state index is 0.0460. The van der Waals surface area contributed by atoms with E-state index in [0.29, 0.717) is 12.4 Å². The van der Waals surface area contributed by atoms with Gasteiger partial charge in [0.1, 0.15) is 6.07 Å². The number of benzene rings is 1. The highest BCUT2D eigenvalue weighted by atomic mass is 35.5. The van der Waals surface area contributed by atoms with Gasteiger partial charge in [-0.15, -0.1) is 5.10 Å². The van der Waals surface area contributed by atoms with Crippen molar-refractivity contribution in [1.82, 2.24) is 9.78 Å². The molecule has 1 aromatic heterocycles. The number of fused-ring (bicyclic) bond motifs is 1. The molecule has 21 heavy (non-hydrogen) atoms. The SMILES string of the molecule is N#CCOc1nn(Cc2ccc(Cl)cc2)c2c1CCCC2. The van der Waals surface area contributed by atoms with E-state index in [2.05, 4.69) is 5.10 Å². The second kappa shape index (κ2) is 6.19. The molecule has 4 nitrogen and oxygen atoms in total. The molecule has 0 bridgehead atoms. The summed E-state index contributed by atoms with van der Waals surface area (Å²) in [6, 6.07) is 9.80. The summed E-state index contributed by atoms with van der Waals surface area (Å²) in [7, 11) is 0. The molecule has 0 amide bonds. The van der Waals surface area contributed by atoms with E-state index in [1.165, 1.54) is 17.7 Å². The predicted molar refractivity (Wildman–Crippen MR) is 80.5 cm³/mol. The Hall–Kier alpha value is -1.99. The number of hydrogen-bond donors (Lipinski definition) is 0. The Bertz CT molecular complexity index is 670. The normalized spacial score (nSPS) is 13.5. The molecule has 0 aliphatic heterocycles. The number of nitrogens with zero attached hydrogens (tertiary/aromatic N) is 3. The van der Waals surface area contributed by atoms with Crippen molar-refractivity contribution in [3.8, 4) is 11.9 Å². The van der Waals surface area contributed by atoms with Crippen LogP contribution in [0.3, 0.4) is 0 Å². The Morgan fingerprint density at radius 2 is 2.00 bits per heavy atom. The molecule has 2 aromatic rings. The van der Waals surface area contributed by atoms with E-state index in [4.69, 9.17) is 21.6 Å². The number of halogens is 1. The predicted octanol–water partition coefficient (Wildman–Crippen LogP) is 3.37. The minimum atomic E-state index is 0.0460. The third kappa shape index (κ3) is 3.03. The van der Waals surface area contributed by atoms with Gasteiger partial charge in [-0.2, -0.15) is 5.26 Å². The maximum atomic E-state index is 8.68. The standard InChI is InChI=1S/C16H16ClN3O/c17-13-7-5-12(6-8-13)11-20-15-4-2-1-3-14(15)16(19-20)21-10-9-18/h5-8H,1-4,10-11H2. The van der Waals surface area contributed by atoms with Gasteiger partial charge in [0.05, 0.1) is 6.54 Å². The summed E-state index contributed by atoms with van der Waals surface area (Å²) in [5.41, 5.74) is 3.57. The monoisotopic (exact) mass is 301 g/mol. The van der Waals surface area contributed by atoms with Crippen LogP contribution in [0.25, 0.3) is 0 Å². The van der Waals surface area contributed by atoms with Crippen LogP contribution in [0.2, 0.25) is 5.02 Å². The third-order valence-corrected chi connectivity index (χ3v) is 3.99. The molecule has 0 saturated carbocycles. The number of rotatable bonds is 4. The molecule has 0 N–H and O–H groups in total. The number of aromatic nitrogens is 2. The zero-order valence-corrected chi connectivity index (χ0v) is 12.4. The average molecular weight is 302 g/mol. The Balaban J connectivity index is 1.89. The van der Waals surface area contributed by atoms with Crippen LogP contribution in [0.5, 0.6) is 5.88 Å². The molecule has 1 aromatic carbocycles. The summed E-state index contributed by atoms with van der Waals surface area (Å²) in [5, 5.41) is 14.0. The highest BCUT2D eigenvalue weighted by Crippen LogP contribution is 2.29. The van der Waals surface area contributed by atoms with Crippen molar-refractivity contribution in [3.05, 3.63) is 46.1 Å². The lowest BCUT2D eigenvalue weighted by Gasteiger charge is -2.13. The molecule has 1 aliphatic carbocycles. The van der Waals surface area contributed by atoms with Gasteiger partial charge < -0.3 is 4.74 Å². The first-order valence-corrected chi connectivity index (χ1v) is 7.48. The van der Waals surface area contributed by atoms with Crippen molar-refractivity contribution in [2.45, 2.75) is 32.2 Å². The van der Waals surface area contributed by atoms with Crippen molar-refractivity contribution < 1.29 is 4.74 Å². The fourth-order valence-corrected chi connectivity index (χ4v) is 2.87.